The highest BCUT2D eigenvalue weighted by Crippen LogP contribution is 2.61. The SMILES string of the molecule is Cc1nc(NC2CCCC2)nc(NC(CCC2C(O)C2O)OCCc2nccc3sc(-c4c(C)nc(NC(C)c5ccc(OC(F)(F)F)cc5)nc4NC4(O)CCC5C(O)C54O)nc23)c1-c1nc2c(C)nccc2s1. The Bertz CT molecular complexity index is 3250. The van der Waals surface area contributed by atoms with Crippen molar-refractivity contribution in [1.82, 2.24) is 39.9 Å². The van der Waals surface area contributed by atoms with Crippen LogP contribution in [0.15, 0.2) is 48.8 Å². The molecule has 0 bridgehead atoms. The van der Waals surface area contributed by atoms with Gasteiger partial charge in [0.1, 0.15) is 50.3 Å². The van der Waals surface area contributed by atoms with E-state index in [1.165, 1.54) is 46.9 Å². The first-order valence-corrected chi connectivity index (χ1v) is 26.8. The van der Waals surface area contributed by atoms with Gasteiger partial charge in [-0.15, -0.1) is 35.8 Å². The number of anilines is 4. The zero-order valence-electron chi connectivity index (χ0n) is 41.4. The van der Waals surface area contributed by atoms with Gasteiger partial charge < -0.3 is 56.3 Å². The number of aliphatic hydroxyl groups excluding tert-OH is 3. The van der Waals surface area contributed by atoms with Crippen LogP contribution in [0, 0.1) is 32.6 Å². The fourth-order valence-electron chi connectivity index (χ4n) is 10.7. The zero-order valence-corrected chi connectivity index (χ0v) is 43.0. The van der Waals surface area contributed by atoms with Gasteiger partial charge in [0.15, 0.2) is 5.72 Å². The molecule has 75 heavy (non-hydrogen) atoms. The number of thiazole rings is 2. The molecule has 19 nitrogen and oxygen atoms in total. The van der Waals surface area contributed by atoms with Crippen LogP contribution >= 0.6 is 22.7 Å². The van der Waals surface area contributed by atoms with Crippen LogP contribution in [0.4, 0.5) is 36.7 Å². The molecule has 4 fully saturated rings. The van der Waals surface area contributed by atoms with Gasteiger partial charge in [0.05, 0.1) is 74.3 Å². The Morgan fingerprint density at radius 1 is 0.760 bits per heavy atom. The van der Waals surface area contributed by atoms with Crippen molar-refractivity contribution in [2.75, 3.05) is 27.9 Å². The van der Waals surface area contributed by atoms with E-state index in [-0.39, 0.29) is 42.5 Å². The summed E-state index contributed by atoms with van der Waals surface area (Å²) in [4.78, 5) is 38.8. The molecule has 4 aliphatic carbocycles. The second-order valence-corrected chi connectivity index (χ2v) is 22.1. The molecule has 8 unspecified atom stereocenters. The summed E-state index contributed by atoms with van der Waals surface area (Å²) in [5, 5.41) is 69.3. The fourth-order valence-corrected chi connectivity index (χ4v) is 12.9. The Hall–Kier alpha value is -5.99. The van der Waals surface area contributed by atoms with Crippen molar-refractivity contribution in [2.45, 2.75) is 140 Å². The maximum Gasteiger partial charge on any atom is 0.573 e. The number of nitrogens with zero attached hydrogens (tertiary/aromatic N) is 8. The topological polar surface area (TPSA) is 271 Å². The Balaban J connectivity index is 0.873. The number of pyridine rings is 2. The first-order chi connectivity index (χ1) is 35.9. The first-order valence-electron chi connectivity index (χ1n) is 25.1. The van der Waals surface area contributed by atoms with E-state index in [0.717, 1.165) is 62.6 Å². The predicted octanol–water partition coefficient (Wildman–Crippen LogP) is 7.71. The minimum atomic E-state index is -4.83. The zero-order chi connectivity index (χ0) is 52.6. The third-order valence-electron chi connectivity index (χ3n) is 15.0. The molecule has 8 atom stereocenters. The third-order valence-corrected chi connectivity index (χ3v) is 17.1. The molecular formula is C51H57F3N12O7S2. The van der Waals surface area contributed by atoms with Gasteiger partial charge in [-0.2, -0.15) is 9.97 Å². The molecule has 6 aromatic heterocycles. The van der Waals surface area contributed by atoms with Gasteiger partial charge in [0.2, 0.25) is 11.9 Å². The molecule has 4 saturated carbocycles. The van der Waals surface area contributed by atoms with Gasteiger partial charge in [0.25, 0.3) is 0 Å². The normalized spacial score (nSPS) is 25.1. The minimum absolute atomic E-state index is 0.121. The fraction of sp³-hybridized carbons (Fsp3) is 0.490. The lowest BCUT2D eigenvalue weighted by molar-refractivity contribution is -0.274. The van der Waals surface area contributed by atoms with Gasteiger partial charge in [0, 0.05) is 36.7 Å². The van der Waals surface area contributed by atoms with Crippen molar-refractivity contribution in [3.8, 4) is 26.9 Å². The van der Waals surface area contributed by atoms with Crippen LogP contribution in [0.25, 0.3) is 41.6 Å². The molecule has 1 aromatic carbocycles. The number of nitrogens with one attached hydrogen (secondary N) is 4. The Morgan fingerprint density at radius 2 is 1.40 bits per heavy atom. The van der Waals surface area contributed by atoms with Gasteiger partial charge >= 0.3 is 6.36 Å². The highest BCUT2D eigenvalue weighted by Gasteiger charge is 2.78. The van der Waals surface area contributed by atoms with Crippen LogP contribution in [-0.4, -0.2) is 120 Å². The lowest BCUT2D eigenvalue weighted by Crippen LogP contribution is -2.51. The standard InChI is InChI=1S/C51H57F3N12O7S2/c1-23(27-9-11-29(12-10-27)73-51(52,53)54)57-47-58-25(3)37(44(65-47)66-49(70)19-15-31-42(69)50(31,49)71)46-63-39-32(56-21-17-34(39)75-46)18-22-72-35(14-13-30-40(67)41(30)68)61-43-36(45-62-38-26(4)55-20-16-33(38)74-45)24(2)59-48(64-43)60-28-7-5-6-8-28/h9-12,16-17,20-21,23,28,30-31,35,40-42,67-71H,5-8,13-15,18-19,22H2,1-4H3,(H2,57,58,65,66)(H2,59,60,61,64). The second-order valence-electron chi connectivity index (χ2n) is 20.1. The average molecular weight is 1070 g/mol. The number of fused-ring (bicyclic) bond motifs is 3. The van der Waals surface area contributed by atoms with Crippen molar-refractivity contribution in [3.05, 3.63) is 77.1 Å². The largest absolute Gasteiger partial charge is 0.573 e. The maximum absolute atomic E-state index is 12.9. The molecule has 4 aliphatic rings. The number of rotatable bonds is 19. The van der Waals surface area contributed by atoms with E-state index in [4.69, 9.17) is 39.6 Å². The molecule has 9 N–H and O–H groups in total. The van der Waals surface area contributed by atoms with Gasteiger partial charge in [-0.05, 0) is 96.0 Å². The quantitative estimate of drug-likeness (QED) is 0.0351. The number of aliphatic hydroxyl groups is 5. The summed E-state index contributed by atoms with van der Waals surface area (Å²) in [6.45, 7) is 7.59. The van der Waals surface area contributed by atoms with Crippen LogP contribution in [0.5, 0.6) is 5.75 Å². The van der Waals surface area contributed by atoms with E-state index in [1.54, 1.807) is 26.2 Å². The number of hydrogen-bond acceptors (Lipinski definition) is 21. The first kappa shape index (κ1) is 51.1. The third kappa shape index (κ3) is 10.1. The Labute approximate surface area is 436 Å². The van der Waals surface area contributed by atoms with Crippen molar-refractivity contribution < 1.29 is 48.2 Å². The van der Waals surface area contributed by atoms with Crippen LogP contribution in [0.1, 0.15) is 92.7 Å². The number of alkyl halides is 3. The molecule has 0 spiro atoms. The molecule has 24 heteroatoms. The Kier molecular flexibility index (Phi) is 13.5. The number of aromatic nitrogens is 8. The van der Waals surface area contributed by atoms with E-state index in [1.807, 2.05) is 26.0 Å². The van der Waals surface area contributed by atoms with Crippen molar-refractivity contribution in [3.63, 3.8) is 0 Å². The highest BCUT2D eigenvalue weighted by atomic mass is 32.1. The van der Waals surface area contributed by atoms with Crippen LogP contribution < -0.4 is 26.0 Å². The molecule has 0 saturated heterocycles. The van der Waals surface area contributed by atoms with Crippen molar-refractivity contribution in [1.29, 1.82) is 0 Å². The summed E-state index contributed by atoms with van der Waals surface area (Å²) >= 11 is 2.88. The van der Waals surface area contributed by atoms with E-state index >= 15 is 0 Å². The van der Waals surface area contributed by atoms with E-state index in [2.05, 4.69) is 31.0 Å². The molecule has 0 radical (unpaired) electrons. The van der Waals surface area contributed by atoms with Crippen molar-refractivity contribution >= 4 is 66.6 Å². The average Bonchev–Trinajstić information content (AvgIpc) is 3.91. The smallest absolute Gasteiger partial charge is 0.406 e. The monoisotopic (exact) mass is 1070 g/mol. The lowest BCUT2D eigenvalue weighted by Gasteiger charge is -2.33. The molecular weight excluding hydrogens is 1010 g/mol. The highest BCUT2D eigenvalue weighted by molar-refractivity contribution is 7.22. The lowest BCUT2D eigenvalue weighted by atomic mass is 10.0. The van der Waals surface area contributed by atoms with Crippen molar-refractivity contribution in [2.24, 2.45) is 11.8 Å². The second kappa shape index (κ2) is 19.9. The Morgan fingerprint density at radius 3 is 2.05 bits per heavy atom. The molecule has 7 aromatic rings. The van der Waals surface area contributed by atoms with Crippen LogP contribution in [0.3, 0.4) is 0 Å². The molecule has 11 rings (SSSR count). The number of halogens is 3. The molecule has 396 valence electrons. The number of hydrogen-bond donors (Lipinski definition) is 9. The molecule has 0 amide bonds. The maximum atomic E-state index is 12.9. The summed E-state index contributed by atoms with van der Waals surface area (Å²) in [7, 11) is 0. The van der Waals surface area contributed by atoms with Gasteiger partial charge in [-0.1, -0.05) is 25.0 Å². The summed E-state index contributed by atoms with van der Waals surface area (Å²) in [6, 6.07) is 8.96. The molecule has 0 aliphatic heterocycles. The van der Waals surface area contributed by atoms with Gasteiger partial charge in [-0.3, -0.25) is 9.97 Å². The summed E-state index contributed by atoms with van der Waals surface area (Å²) in [5.41, 5.74) is 2.06. The molecule has 6 heterocycles. The number of benzene rings is 1. The van der Waals surface area contributed by atoms with E-state index in [0.29, 0.717) is 70.5 Å². The summed E-state index contributed by atoms with van der Waals surface area (Å²) in [5.74, 6) is 0.119. The van der Waals surface area contributed by atoms with Crippen LogP contribution in [-0.2, 0) is 11.2 Å². The van der Waals surface area contributed by atoms with E-state index < -0.39 is 54.2 Å². The van der Waals surface area contributed by atoms with Crippen LogP contribution in [0.2, 0.25) is 0 Å². The summed E-state index contributed by atoms with van der Waals surface area (Å²) in [6.07, 6.45) is 1.31. The summed E-state index contributed by atoms with van der Waals surface area (Å²) < 4.78 is 51.0. The predicted molar refractivity (Wildman–Crippen MR) is 276 cm³/mol. The minimum Gasteiger partial charge on any atom is -0.406 e. The number of aryl methyl sites for hydroxylation is 3. The number of ether oxygens (including phenoxy) is 2. The van der Waals surface area contributed by atoms with E-state index in [9.17, 15) is 38.7 Å². The van der Waals surface area contributed by atoms with Gasteiger partial charge in [-0.25, -0.2) is 19.9 Å².